The van der Waals surface area contributed by atoms with Crippen molar-refractivity contribution in [1.82, 2.24) is 10.2 Å². The molecule has 9 heteroatoms. The highest BCUT2D eigenvalue weighted by atomic mass is 35.5. The molecule has 0 fully saturated rings. The third-order valence-corrected chi connectivity index (χ3v) is 4.56. The molecule has 0 spiro atoms. The number of amides is 1. The van der Waals surface area contributed by atoms with Crippen LogP contribution in [-0.2, 0) is 9.84 Å². The quantitative estimate of drug-likeness (QED) is 0.714. The molecule has 0 aliphatic rings. The van der Waals surface area contributed by atoms with Crippen molar-refractivity contribution in [2.45, 2.75) is 18.7 Å². The number of benzene rings is 1. The molecule has 140 valence electrons. The molecule has 7 nitrogen and oxygen atoms in total. The normalized spacial score (nSPS) is 10.5. The van der Waals surface area contributed by atoms with Gasteiger partial charge in [-0.15, -0.1) is 12.4 Å². The molecule has 0 radical (unpaired) electrons. The fourth-order valence-electron chi connectivity index (χ4n) is 2.06. The summed E-state index contributed by atoms with van der Waals surface area (Å²) in [7, 11) is -1.92. The predicted octanol–water partition coefficient (Wildman–Crippen LogP) is 0.767. The third kappa shape index (κ3) is 7.04. The molecule has 1 amide bonds. The maximum Gasteiger partial charge on any atom is 0.255 e. The summed E-state index contributed by atoms with van der Waals surface area (Å²) in [6, 6.07) is 4.28. The second-order valence-corrected chi connectivity index (χ2v) is 6.93. The number of hydrogen-bond acceptors (Lipinski definition) is 5. The van der Waals surface area contributed by atoms with Gasteiger partial charge >= 0.3 is 0 Å². The first-order chi connectivity index (χ1) is 10.3. The van der Waals surface area contributed by atoms with Gasteiger partial charge in [0.1, 0.15) is 5.75 Å². The Labute approximate surface area is 150 Å². The number of halogens is 1. The van der Waals surface area contributed by atoms with Crippen LogP contribution in [0, 0.1) is 0 Å². The Morgan fingerprint density at radius 2 is 1.83 bits per heavy atom. The van der Waals surface area contributed by atoms with Crippen LogP contribution < -0.4 is 10.1 Å². The number of carbonyl (C=O) groups excluding carboxylic acids is 1. The van der Waals surface area contributed by atoms with Gasteiger partial charge in [0.2, 0.25) is 0 Å². The lowest BCUT2D eigenvalue weighted by molar-refractivity contribution is 0.0945. The van der Waals surface area contributed by atoms with E-state index in [0.29, 0.717) is 12.3 Å². The van der Waals surface area contributed by atoms with E-state index in [1.165, 1.54) is 25.3 Å². The highest BCUT2D eigenvalue weighted by Gasteiger charge is 2.16. The van der Waals surface area contributed by atoms with Gasteiger partial charge in [0, 0.05) is 19.3 Å². The molecule has 0 saturated carbocycles. The molecule has 1 rings (SSSR count). The number of hydrogen-bond donors (Lipinski definition) is 1. The summed E-state index contributed by atoms with van der Waals surface area (Å²) in [6.45, 7) is 7.19. The van der Waals surface area contributed by atoms with Crippen LogP contribution in [0.2, 0.25) is 0 Å². The van der Waals surface area contributed by atoms with Crippen molar-refractivity contribution in [2.75, 3.05) is 39.5 Å². The fraction of sp³-hybridized carbons (Fsp3) is 0.533. The minimum atomic E-state index is -3.37. The van der Waals surface area contributed by atoms with Crippen LogP contribution in [0.3, 0.4) is 0 Å². The van der Waals surface area contributed by atoms with Gasteiger partial charge in [-0.05, 0) is 31.3 Å². The predicted molar refractivity (Wildman–Crippen MR) is 97.1 cm³/mol. The Balaban J connectivity index is 0. The maximum atomic E-state index is 12.3. The van der Waals surface area contributed by atoms with Gasteiger partial charge in [0.25, 0.3) is 5.91 Å². The Hall–Kier alpha value is -1.35. The van der Waals surface area contributed by atoms with E-state index in [4.69, 9.17) is 4.74 Å². The SMILES string of the molecule is CCN(CC)CCNC(=O)c1cc(S(C)(=O)=O)ccc1OC.Cl.O. The summed E-state index contributed by atoms with van der Waals surface area (Å²) in [5.74, 6) is 0.0160. The summed E-state index contributed by atoms with van der Waals surface area (Å²) in [5.41, 5.74) is 0.227. The highest BCUT2D eigenvalue weighted by molar-refractivity contribution is 7.90. The second kappa shape index (κ2) is 11.2. The molecule has 0 aliphatic heterocycles. The zero-order valence-corrected chi connectivity index (χ0v) is 16.1. The van der Waals surface area contributed by atoms with Gasteiger partial charge in [0.15, 0.2) is 9.84 Å². The summed E-state index contributed by atoms with van der Waals surface area (Å²) in [5, 5.41) is 2.80. The van der Waals surface area contributed by atoms with E-state index >= 15 is 0 Å². The molecule has 0 atom stereocenters. The van der Waals surface area contributed by atoms with Crippen LogP contribution in [0.5, 0.6) is 5.75 Å². The lowest BCUT2D eigenvalue weighted by Crippen LogP contribution is -2.35. The van der Waals surface area contributed by atoms with Gasteiger partial charge in [-0.2, -0.15) is 0 Å². The van der Waals surface area contributed by atoms with Crippen LogP contribution in [-0.4, -0.2) is 64.2 Å². The van der Waals surface area contributed by atoms with Crippen molar-refractivity contribution in [3.63, 3.8) is 0 Å². The summed E-state index contributed by atoms with van der Waals surface area (Å²) >= 11 is 0. The molecular formula is C15H27ClN2O5S. The lowest BCUT2D eigenvalue weighted by atomic mass is 10.2. The number of sulfone groups is 1. The van der Waals surface area contributed by atoms with E-state index in [1.807, 2.05) is 0 Å². The van der Waals surface area contributed by atoms with E-state index in [0.717, 1.165) is 25.9 Å². The first-order valence-electron chi connectivity index (χ1n) is 7.22. The molecule has 0 heterocycles. The van der Waals surface area contributed by atoms with Gasteiger partial charge in [-0.25, -0.2) is 8.42 Å². The van der Waals surface area contributed by atoms with Crippen LogP contribution in [0.15, 0.2) is 23.1 Å². The van der Waals surface area contributed by atoms with Crippen molar-refractivity contribution in [2.24, 2.45) is 0 Å². The first-order valence-corrected chi connectivity index (χ1v) is 9.11. The maximum absolute atomic E-state index is 12.3. The largest absolute Gasteiger partial charge is 0.496 e. The number of carbonyl (C=O) groups is 1. The number of ether oxygens (including phenoxy) is 1. The van der Waals surface area contributed by atoms with Crippen LogP contribution >= 0.6 is 12.4 Å². The topological polar surface area (TPSA) is 107 Å². The number of rotatable bonds is 8. The zero-order valence-electron chi connectivity index (χ0n) is 14.5. The van der Waals surface area contributed by atoms with Crippen LogP contribution in [0.1, 0.15) is 24.2 Å². The smallest absolute Gasteiger partial charge is 0.255 e. The molecule has 3 N–H and O–H groups in total. The molecule has 0 bridgehead atoms. The van der Waals surface area contributed by atoms with Crippen molar-refractivity contribution in [3.05, 3.63) is 23.8 Å². The number of nitrogens with zero attached hydrogens (tertiary/aromatic N) is 1. The van der Waals surface area contributed by atoms with Gasteiger partial charge in [0.05, 0.1) is 17.6 Å². The van der Waals surface area contributed by atoms with Crippen molar-refractivity contribution in [3.8, 4) is 5.75 Å². The van der Waals surface area contributed by atoms with E-state index in [-0.39, 0.29) is 34.2 Å². The molecule has 1 aromatic carbocycles. The van der Waals surface area contributed by atoms with Crippen LogP contribution in [0.25, 0.3) is 0 Å². The molecule has 24 heavy (non-hydrogen) atoms. The van der Waals surface area contributed by atoms with Crippen molar-refractivity contribution < 1.29 is 23.4 Å². The van der Waals surface area contributed by atoms with E-state index in [9.17, 15) is 13.2 Å². The Bertz CT molecular complexity index is 618. The number of methoxy groups -OCH3 is 1. The Morgan fingerprint density at radius 3 is 2.29 bits per heavy atom. The summed E-state index contributed by atoms with van der Waals surface area (Å²) < 4.78 is 28.4. The molecule has 0 aromatic heterocycles. The summed E-state index contributed by atoms with van der Waals surface area (Å²) in [6.07, 6.45) is 1.11. The average molecular weight is 383 g/mol. The first kappa shape index (κ1) is 24.9. The van der Waals surface area contributed by atoms with E-state index in [2.05, 4.69) is 24.1 Å². The van der Waals surface area contributed by atoms with Gasteiger partial charge in [-0.3, -0.25) is 4.79 Å². The van der Waals surface area contributed by atoms with Gasteiger partial charge in [-0.1, -0.05) is 13.8 Å². The highest BCUT2D eigenvalue weighted by Crippen LogP contribution is 2.22. The third-order valence-electron chi connectivity index (χ3n) is 3.45. The lowest BCUT2D eigenvalue weighted by Gasteiger charge is -2.18. The molecule has 1 aromatic rings. The summed E-state index contributed by atoms with van der Waals surface area (Å²) in [4.78, 5) is 14.5. The monoisotopic (exact) mass is 382 g/mol. The van der Waals surface area contributed by atoms with Crippen molar-refractivity contribution >= 4 is 28.2 Å². The minimum Gasteiger partial charge on any atom is -0.496 e. The number of nitrogens with one attached hydrogen (secondary N) is 1. The number of likely N-dealkylation sites (N-methyl/N-ethyl adjacent to an activating group) is 1. The fourth-order valence-corrected chi connectivity index (χ4v) is 2.70. The molecular weight excluding hydrogens is 356 g/mol. The van der Waals surface area contributed by atoms with Crippen LogP contribution in [0.4, 0.5) is 0 Å². The Morgan fingerprint density at radius 1 is 1.25 bits per heavy atom. The average Bonchev–Trinajstić information content (AvgIpc) is 2.49. The van der Waals surface area contributed by atoms with Crippen molar-refractivity contribution in [1.29, 1.82) is 0 Å². The molecule has 0 aliphatic carbocycles. The van der Waals surface area contributed by atoms with E-state index in [1.54, 1.807) is 0 Å². The molecule has 0 unspecified atom stereocenters. The molecule has 0 saturated heterocycles. The van der Waals surface area contributed by atoms with E-state index < -0.39 is 9.84 Å². The zero-order chi connectivity index (χ0) is 16.8. The standard InChI is InChI=1S/C15H24N2O4S.ClH.H2O/c1-5-17(6-2)10-9-16-15(18)13-11-12(22(4,19)20)7-8-14(13)21-3;;/h7-8,11H,5-6,9-10H2,1-4H3,(H,16,18);1H;1H2. The minimum absolute atomic E-state index is 0. The van der Waals surface area contributed by atoms with Gasteiger partial charge < -0.3 is 20.4 Å². The second-order valence-electron chi connectivity index (χ2n) is 4.92. The Kier molecular flexibility index (Phi) is 11.7.